The predicted molar refractivity (Wildman–Crippen MR) is 74.0 cm³/mol. The first kappa shape index (κ1) is 14.0. The number of benzene rings is 1. The van der Waals surface area contributed by atoms with E-state index in [0.29, 0.717) is 0 Å². The molecule has 1 aromatic rings. The lowest BCUT2D eigenvalue weighted by Crippen LogP contribution is -2.25. The minimum Gasteiger partial charge on any atom is -0.496 e. The van der Waals surface area contributed by atoms with Crippen LogP contribution in [0.1, 0.15) is 37.0 Å². The molecule has 1 rings (SSSR count). The van der Waals surface area contributed by atoms with E-state index in [-0.39, 0.29) is 5.41 Å². The molecule has 0 atom stereocenters. The highest BCUT2D eigenvalue weighted by Crippen LogP contribution is 2.37. The lowest BCUT2D eigenvalue weighted by molar-refractivity contribution is 0.382. The summed E-state index contributed by atoms with van der Waals surface area (Å²) in [4.78, 5) is 0. The van der Waals surface area contributed by atoms with Crippen molar-refractivity contribution in [3.8, 4) is 5.75 Å². The number of hydrogen-bond acceptors (Lipinski definition) is 2. The maximum absolute atomic E-state index is 5.55. The second-order valence-electron chi connectivity index (χ2n) is 5.40. The molecule has 0 fully saturated rings. The molecule has 0 unspecified atom stereocenters. The van der Waals surface area contributed by atoms with Gasteiger partial charge in [-0.15, -0.1) is 0 Å². The third-order valence-electron chi connectivity index (χ3n) is 3.34. The first-order valence-corrected chi connectivity index (χ1v) is 6.22. The fourth-order valence-corrected chi connectivity index (χ4v) is 2.52. The number of methoxy groups -OCH3 is 1. The average Bonchev–Trinajstić information content (AvgIpc) is 2.24. The fourth-order valence-electron chi connectivity index (χ4n) is 2.52. The van der Waals surface area contributed by atoms with Gasteiger partial charge in [0.15, 0.2) is 0 Å². The van der Waals surface area contributed by atoms with Gasteiger partial charge in [0.25, 0.3) is 0 Å². The Bertz CT molecular complexity index is 383. The lowest BCUT2D eigenvalue weighted by atomic mass is 9.78. The highest BCUT2D eigenvalue weighted by molar-refractivity contribution is 5.47. The molecule has 2 nitrogen and oxygen atoms in total. The molecule has 0 bridgehead atoms. The zero-order valence-electron chi connectivity index (χ0n) is 12.0. The summed E-state index contributed by atoms with van der Waals surface area (Å²) < 4.78 is 5.55. The zero-order chi connectivity index (χ0) is 13.1. The van der Waals surface area contributed by atoms with E-state index >= 15 is 0 Å². The molecule has 0 saturated heterocycles. The van der Waals surface area contributed by atoms with Gasteiger partial charge in [0, 0.05) is 5.56 Å². The Labute approximate surface area is 105 Å². The maximum Gasteiger partial charge on any atom is 0.123 e. The van der Waals surface area contributed by atoms with Crippen LogP contribution in [0, 0.1) is 13.8 Å². The quantitative estimate of drug-likeness (QED) is 0.846. The van der Waals surface area contributed by atoms with E-state index in [1.165, 1.54) is 16.7 Å². The molecule has 17 heavy (non-hydrogen) atoms. The van der Waals surface area contributed by atoms with Crippen LogP contribution in [0.3, 0.4) is 0 Å². The molecule has 2 heteroatoms. The summed E-state index contributed by atoms with van der Waals surface area (Å²) in [6, 6.07) is 4.36. The highest BCUT2D eigenvalue weighted by Gasteiger charge is 2.26. The summed E-state index contributed by atoms with van der Waals surface area (Å²) in [7, 11) is 3.75. The van der Waals surface area contributed by atoms with Crippen LogP contribution in [0.2, 0.25) is 0 Å². The van der Waals surface area contributed by atoms with Gasteiger partial charge >= 0.3 is 0 Å². The third kappa shape index (κ3) is 3.22. The largest absolute Gasteiger partial charge is 0.496 e. The van der Waals surface area contributed by atoms with Crippen molar-refractivity contribution in [2.24, 2.45) is 0 Å². The van der Waals surface area contributed by atoms with Crippen LogP contribution in [-0.4, -0.2) is 20.7 Å². The Hall–Kier alpha value is -1.02. The Morgan fingerprint density at radius 2 is 1.88 bits per heavy atom. The fraction of sp³-hybridized carbons (Fsp3) is 0.600. The summed E-state index contributed by atoms with van der Waals surface area (Å²) >= 11 is 0. The summed E-state index contributed by atoms with van der Waals surface area (Å²) in [6.07, 6.45) is 1.10. The van der Waals surface area contributed by atoms with Crippen molar-refractivity contribution < 1.29 is 4.74 Å². The summed E-state index contributed by atoms with van der Waals surface area (Å²) in [6.45, 7) is 9.87. The van der Waals surface area contributed by atoms with Gasteiger partial charge in [-0.25, -0.2) is 0 Å². The SMILES string of the molecule is CNCCC(C)(C)c1c(C)cc(C)cc1OC. The molecule has 0 saturated carbocycles. The van der Waals surface area contributed by atoms with E-state index in [0.717, 1.165) is 18.7 Å². The number of nitrogens with one attached hydrogen (secondary N) is 1. The normalized spacial score (nSPS) is 11.6. The van der Waals surface area contributed by atoms with Crippen LogP contribution in [0.5, 0.6) is 5.75 Å². The Morgan fingerprint density at radius 1 is 1.24 bits per heavy atom. The number of rotatable bonds is 5. The van der Waals surface area contributed by atoms with Crippen LogP contribution in [-0.2, 0) is 5.41 Å². The molecule has 0 radical (unpaired) electrons. The number of hydrogen-bond donors (Lipinski definition) is 1. The zero-order valence-corrected chi connectivity index (χ0v) is 12.0. The van der Waals surface area contributed by atoms with E-state index < -0.39 is 0 Å². The highest BCUT2D eigenvalue weighted by atomic mass is 16.5. The average molecular weight is 235 g/mol. The Morgan fingerprint density at radius 3 is 2.41 bits per heavy atom. The van der Waals surface area contributed by atoms with Crippen molar-refractivity contribution in [2.75, 3.05) is 20.7 Å². The van der Waals surface area contributed by atoms with Crippen LogP contribution in [0.4, 0.5) is 0 Å². The second-order valence-corrected chi connectivity index (χ2v) is 5.40. The maximum atomic E-state index is 5.55. The molecular weight excluding hydrogens is 210 g/mol. The molecule has 96 valence electrons. The predicted octanol–water partition coefficient (Wildman–Crippen LogP) is 3.20. The van der Waals surface area contributed by atoms with E-state index in [2.05, 4.69) is 45.1 Å². The summed E-state index contributed by atoms with van der Waals surface area (Å²) in [5, 5.41) is 3.22. The first-order valence-electron chi connectivity index (χ1n) is 6.22. The van der Waals surface area contributed by atoms with Gasteiger partial charge in [-0.2, -0.15) is 0 Å². The van der Waals surface area contributed by atoms with Crippen molar-refractivity contribution in [2.45, 2.75) is 39.5 Å². The minimum absolute atomic E-state index is 0.131. The number of aryl methyl sites for hydroxylation is 2. The van der Waals surface area contributed by atoms with Crippen molar-refractivity contribution in [1.29, 1.82) is 0 Å². The third-order valence-corrected chi connectivity index (χ3v) is 3.34. The molecule has 0 amide bonds. The van der Waals surface area contributed by atoms with Gasteiger partial charge in [-0.1, -0.05) is 19.9 Å². The lowest BCUT2D eigenvalue weighted by Gasteiger charge is -2.29. The second kappa shape index (κ2) is 5.54. The Balaban J connectivity index is 3.19. The van der Waals surface area contributed by atoms with Crippen molar-refractivity contribution in [1.82, 2.24) is 5.32 Å². The number of ether oxygens (including phenoxy) is 1. The van der Waals surface area contributed by atoms with E-state index in [1.807, 2.05) is 7.05 Å². The summed E-state index contributed by atoms with van der Waals surface area (Å²) in [5.74, 6) is 1.02. The van der Waals surface area contributed by atoms with Gasteiger partial charge < -0.3 is 10.1 Å². The molecule has 0 spiro atoms. The molecule has 1 N–H and O–H groups in total. The smallest absolute Gasteiger partial charge is 0.123 e. The van der Waals surface area contributed by atoms with Crippen LogP contribution >= 0.6 is 0 Å². The van der Waals surface area contributed by atoms with Crippen LogP contribution in [0.15, 0.2) is 12.1 Å². The van der Waals surface area contributed by atoms with Gasteiger partial charge in [0.1, 0.15) is 5.75 Å². The van der Waals surface area contributed by atoms with Gasteiger partial charge in [0.05, 0.1) is 7.11 Å². The van der Waals surface area contributed by atoms with Gasteiger partial charge in [-0.05, 0) is 56.5 Å². The summed E-state index contributed by atoms with van der Waals surface area (Å²) in [5.41, 5.74) is 4.04. The molecule has 0 aliphatic rings. The molecule has 0 aliphatic heterocycles. The Kier molecular flexibility index (Phi) is 4.58. The van der Waals surface area contributed by atoms with Gasteiger partial charge in [-0.3, -0.25) is 0 Å². The van der Waals surface area contributed by atoms with Gasteiger partial charge in [0.2, 0.25) is 0 Å². The molecule has 0 aromatic heterocycles. The van der Waals surface area contributed by atoms with Crippen molar-refractivity contribution in [3.05, 3.63) is 28.8 Å². The molecule has 0 aliphatic carbocycles. The topological polar surface area (TPSA) is 21.3 Å². The molecule has 0 heterocycles. The van der Waals surface area contributed by atoms with E-state index in [9.17, 15) is 0 Å². The monoisotopic (exact) mass is 235 g/mol. The van der Waals surface area contributed by atoms with Crippen LogP contribution < -0.4 is 10.1 Å². The van der Waals surface area contributed by atoms with E-state index in [1.54, 1.807) is 7.11 Å². The van der Waals surface area contributed by atoms with Crippen molar-refractivity contribution in [3.63, 3.8) is 0 Å². The van der Waals surface area contributed by atoms with E-state index in [4.69, 9.17) is 4.74 Å². The first-order chi connectivity index (χ1) is 7.92. The standard InChI is InChI=1S/C15H25NO/c1-11-9-12(2)14(13(10-11)17-6)15(3,4)7-8-16-5/h9-10,16H,7-8H2,1-6H3. The molecular formula is C15H25NO. The van der Waals surface area contributed by atoms with Crippen molar-refractivity contribution >= 4 is 0 Å². The minimum atomic E-state index is 0.131. The molecule has 1 aromatic carbocycles. The van der Waals surface area contributed by atoms with Crippen LogP contribution in [0.25, 0.3) is 0 Å².